The minimum atomic E-state index is -3.49. The minimum Gasteiger partial charge on any atom is -0.326 e. The van der Waals surface area contributed by atoms with Gasteiger partial charge in [-0.05, 0) is 52.1 Å². The standard InChI is InChI=1S/C15H20N2O2S2/c1-3-13-4-5-15(8-14(13)9-16)21(18,19)17(2)10-12-6-7-20-11-12/h4-8,11H,3,9-10,16H2,1-2H3. The second-order valence-corrected chi connectivity index (χ2v) is 7.71. The molecule has 0 amide bonds. The molecule has 114 valence electrons. The number of nitrogens with zero attached hydrogens (tertiary/aromatic N) is 1. The third kappa shape index (κ3) is 3.52. The summed E-state index contributed by atoms with van der Waals surface area (Å²) in [6.45, 7) is 2.76. The quantitative estimate of drug-likeness (QED) is 0.888. The van der Waals surface area contributed by atoms with Crippen molar-refractivity contribution in [3.63, 3.8) is 0 Å². The Morgan fingerprint density at radius 1 is 1.24 bits per heavy atom. The predicted octanol–water partition coefficient (Wildman–Crippen LogP) is 2.59. The number of rotatable bonds is 6. The van der Waals surface area contributed by atoms with Crippen molar-refractivity contribution in [1.29, 1.82) is 0 Å². The third-order valence-electron chi connectivity index (χ3n) is 3.47. The van der Waals surface area contributed by atoms with Gasteiger partial charge < -0.3 is 5.73 Å². The largest absolute Gasteiger partial charge is 0.326 e. The molecule has 0 atom stereocenters. The van der Waals surface area contributed by atoms with Crippen LogP contribution in [0.15, 0.2) is 39.9 Å². The molecular weight excluding hydrogens is 304 g/mol. The van der Waals surface area contributed by atoms with E-state index in [0.29, 0.717) is 18.0 Å². The maximum absolute atomic E-state index is 12.6. The van der Waals surface area contributed by atoms with E-state index in [-0.39, 0.29) is 0 Å². The van der Waals surface area contributed by atoms with E-state index >= 15 is 0 Å². The number of benzene rings is 1. The molecule has 6 heteroatoms. The molecular formula is C15H20N2O2S2. The molecule has 2 N–H and O–H groups in total. The van der Waals surface area contributed by atoms with E-state index in [1.807, 2.05) is 29.8 Å². The highest BCUT2D eigenvalue weighted by molar-refractivity contribution is 7.89. The van der Waals surface area contributed by atoms with E-state index in [1.165, 1.54) is 4.31 Å². The van der Waals surface area contributed by atoms with Crippen molar-refractivity contribution in [2.45, 2.75) is 31.3 Å². The molecule has 21 heavy (non-hydrogen) atoms. The second kappa shape index (κ2) is 6.70. The maximum Gasteiger partial charge on any atom is 0.243 e. The van der Waals surface area contributed by atoms with Gasteiger partial charge in [-0.3, -0.25) is 0 Å². The van der Waals surface area contributed by atoms with Crippen molar-refractivity contribution in [1.82, 2.24) is 4.31 Å². The zero-order valence-corrected chi connectivity index (χ0v) is 13.9. The molecule has 1 aromatic carbocycles. The average molecular weight is 324 g/mol. The lowest BCUT2D eigenvalue weighted by molar-refractivity contribution is 0.467. The predicted molar refractivity (Wildman–Crippen MR) is 86.7 cm³/mol. The summed E-state index contributed by atoms with van der Waals surface area (Å²) in [6, 6.07) is 7.14. The summed E-state index contributed by atoms with van der Waals surface area (Å²) in [5.41, 5.74) is 8.70. The van der Waals surface area contributed by atoms with Crippen LogP contribution in [0.5, 0.6) is 0 Å². The number of thiophene rings is 1. The van der Waals surface area contributed by atoms with Crippen LogP contribution in [0.1, 0.15) is 23.6 Å². The van der Waals surface area contributed by atoms with Gasteiger partial charge in [-0.25, -0.2) is 8.42 Å². The summed E-state index contributed by atoms with van der Waals surface area (Å²) in [6.07, 6.45) is 0.845. The van der Waals surface area contributed by atoms with Crippen molar-refractivity contribution in [2.24, 2.45) is 5.73 Å². The molecule has 1 aromatic heterocycles. The van der Waals surface area contributed by atoms with Gasteiger partial charge in [0, 0.05) is 20.1 Å². The Hall–Kier alpha value is -1.21. The molecule has 0 radical (unpaired) electrons. The fourth-order valence-electron chi connectivity index (χ4n) is 2.20. The fourth-order valence-corrected chi connectivity index (χ4v) is 4.07. The molecule has 0 aliphatic rings. The van der Waals surface area contributed by atoms with Crippen molar-refractivity contribution in [2.75, 3.05) is 7.05 Å². The molecule has 0 fully saturated rings. The Morgan fingerprint density at radius 3 is 2.57 bits per heavy atom. The van der Waals surface area contributed by atoms with Crippen molar-refractivity contribution in [3.8, 4) is 0 Å². The Morgan fingerprint density at radius 2 is 2.00 bits per heavy atom. The van der Waals surface area contributed by atoms with E-state index in [0.717, 1.165) is 23.1 Å². The first-order chi connectivity index (χ1) is 9.98. The lowest BCUT2D eigenvalue weighted by Gasteiger charge is -2.18. The third-order valence-corrected chi connectivity index (χ3v) is 6.00. The highest BCUT2D eigenvalue weighted by Gasteiger charge is 2.21. The molecule has 0 bridgehead atoms. The summed E-state index contributed by atoms with van der Waals surface area (Å²) in [7, 11) is -1.89. The second-order valence-electron chi connectivity index (χ2n) is 4.88. The zero-order chi connectivity index (χ0) is 15.5. The lowest BCUT2D eigenvalue weighted by Crippen LogP contribution is -2.26. The van der Waals surface area contributed by atoms with E-state index in [4.69, 9.17) is 5.73 Å². The zero-order valence-electron chi connectivity index (χ0n) is 12.2. The van der Waals surface area contributed by atoms with Crippen LogP contribution >= 0.6 is 11.3 Å². The molecule has 2 aromatic rings. The summed E-state index contributed by atoms with van der Waals surface area (Å²) in [5, 5.41) is 3.90. The first kappa shape index (κ1) is 16.2. The van der Waals surface area contributed by atoms with Gasteiger partial charge in [0.1, 0.15) is 0 Å². The van der Waals surface area contributed by atoms with Crippen LogP contribution in [-0.4, -0.2) is 19.8 Å². The Labute approximate surface area is 130 Å². The topological polar surface area (TPSA) is 63.4 Å². The van der Waals surface area contributed by atoms with Gasteiger partial charge in [-0.15, -0.1) is 0 Å². The highest BCUT2D eigenvalue weighted by atomic mass is 32.2. The summed E-state index contributed by atoms with van der Waals surface area (Å²) >= 11 is 1.56. The van der Waals surface area contributed by atoms with Crippen LogP contribution in [0.3, 0.4) is 0 Å². The van der Waals surface area contributed by atoms with Crippen LogP contribution in [-0.2, 0) is 29.5 Å². The molecule has 2 rings (SSSR count). The van der Waals surface area contributed by atoms with Crippen LogP contribution in [0, 0.1) is 0 Å². The van der Waals surface area contributed by atoms with Crippen LogP contribution in [0.2, 0.25) is 0 Å². The summed E-state index contributed by atoms with van der Waals surface area (Å²) in [4.78, 5) is 0.304. The molecule has 0 aliphatic heterocycles. The maximum atomic E-state index is 12.6. The fraction of sp³-hybridized carbons (Fsp3) is 0.333. The molecule has 0 unspecified atom stereocenters. The van der Waals surface area contributed by atoms with Crippen LogP contribution in [0.4, 0.5) is 0 Å². The first-order valence-electron chi connectivity index (χ1n) is 6.78. The molecule has 4 nitrogen and oxygen atoms in total. The number of hydrogen-bond donors (Lipinski definition) is 1. The number of aryl methyl sites for hydroxylation is 1. The Balaban J connectivity index is 2.30. The normalized spacial score (nSPS) is 12.0. The van der Waals surface area contributed by atoms with Gasteiger partial charge in [0.25, 0.3) is 0 Å². The molecule has 1 heterocycles. The number of nitrogens with two attached hydrogens (primary N) is 1. The van der Waals surface area contributed by atoms with E-state index < -0.39 is 10.0 Å². The van der Waals surface area contributed by atoms with Gasteiger partial charge in [0.2, 0.25) is 10.0 Å². The lowest BCUT2D eigenvalue weighted by atomic mass is 10.1. The molecule has 0 spiro atoms. The highest BCUT2D eigenvalue weighted by Crippen LogP contribution is 2.21. The van der Waals surface area contributed by atoms with Crippen LogP contribution in [0.25, 0.3) is 0 Å². The van der Waals surface area contributed by atoms with E-state index in [9.17, 15) is 8.42 Å². The van der Waals surface area contributed by atoms with Crippen molar-refractivity contribution >= 4 is 21.4 Å². The molecule has 0 aliphatic carbocycles. The van der Waals surface area contributed by atoms with Gasteiger partial charge in [-0.2, -0.15) is 15.6 Å². The summed E-state index contributed by atoms with van der Waals surface area (Å²) < 4.78 is 26.6. The van der Waals surface area contributed by atoms with Gasteiger partial charge >= 0.3 is 0 Å². The summed E-state index contributed by atoms with van der Waals surface area (Å²) in [5.74, 6) is 0. The first-order valence-corrected chi connectivity index (χ1v) is 9.16. The SMILES string of the molecule is CCc1ccc(S(=O)(=O)N(C)Cc2ccsc2)cc1CN. The number of hydrogen-bond acceptors (Lipinski definition) is 4. The van der Waals surface area contributed by atoms with Crippen molar-refractivity contribution < 1.29 is 8.42 Å². The Kier molecular flexibility index (Phi) is 5.16. The molecule has 0 saturated heterocycles. The van der Waals surface area contributed by atoms with Crippen molar-refractivity contribution in [3.05, 3.63) is 51.7 Å². The smallest absolute Gasteiger partial charge is 0.243 e. The van der Waals surface area contributed by atoms with E-state index in [2.05, 4.69) is 0 Å². The Bertz CT molecular complexity index is 694. The average Bonchev–Trinajstić information content (AvgIpc) is 2.99. The molecule has 0 saturated carbocycles. The van der Waals surface area contributed by atoms with Crippen LogP contribution < -0.4 is 5.73 Å². The van der Waals surface area contributed by atoms with Gasteiger partial charge in [-0.1, -0.05) is 13.0 Å². The van der Waals surface area contributed by atoms with E-state index in [1.54, 1.807) is 30.5 Å². The van der Waals surface area contributed by atoms with Gasteiger partial charge in [0.15, 0.2) is 0 Å². The monoisotopic (exact) mass is 324 g/mol. The van der Waals surface area contributed by atoms with Gasteiger partial charge in [0.05, 0.1) is 4.90 Å². The number of sulfonamides is 1. The minimum absolute atomic E-state index is 0.304.